The summed E-state index contributed by atoms with van der Waals surface area (Å²) in [5.41, 5.74) is 0.822. The predicted molar refractivity (Wildman–Crippen MR) is 85.1 cm³/mol. The normalized spacial score (nSPS) is 16.2. The van der Waals surface area contributed by atoms with Crippen molar-refractivity contribution in [3.05, 3.63) is 47.1 Å². The third-order valence-electron chi connectivity index (χ3n) is 3.64. The van der Waals surface area contributed by atoms with E-state index < -0.39 is 6.10 Å². The summed E-state index contributed by atoms with van der Waals surface area (Å²) in [6.07, 6.45) is 1.14. The lowest BCUT2D eigenvalue weighted by atomic mass is 10.2. The van der Waals surface area contributed by atoms with Crippen LogP contribution in [-0.2, 0) is 13.6 Å². The monoisotopic (exact) mass is 347 g/mol. The molecule has 1 atom stereocenters. The lowest BCUT2D eigenvalue weighted by Crippen LogP contribution is -2.21. The summed E-state index contributed by atoms with van der Waals surface area (Å²) in [5.74, 6) is 1.71. The van der Waals surface area contributed by atoms with Crippen molar-refractivity contribution in [1.82, 2.24) is 20.0 Å². The Morgan fingerprint density at radius 2 is 2.12 bits per heavy atom. The van der Waals surface area contributed by atoms with Gasteiger partial charge in [-0.2, -0.15) is 5.10 Å². The zero-order chi connectivity index (χ0) is 16.5. The zero-order valence-corrected chi connectivity index (χ0v) is 13.5. The largest absolute Gasteiger partial charge is 0.485 e. The van der Waals surface area contributed by atoms with Gasteiger partial charge < -0.3 is 19.2 Å². The molecule has 0 amide bonds. The molecule has 2 aromatic heterocycles. The second kappa shape index (κ2) is 6.04. The SMILES string of the molecule is Cn1ncc(Cl)c1CNc1nnc([C@@H]2COc3ccccc3O2)o1. The summed E-state index contributed by atoms with van der Waals surface area (Å²) in [5, 5.41) is 15.7. The number of hydrogen-bond donors (Lipinski definition) is 1. The summed E-state index contributed by atoms with van der Waals surface area (Å²) in [4.78, 5) is 0. The van der Waals surface area contributed by atoms with E-state index in [0.717, 1.165) is 5.69 Å². The quantitative estimate of drug-likeness (QED) is 0.776. The van der Waals surface area contributed by atoms with Gasteiger partial charge in [-0.1, -0.05) is 28.8 Å². The van der Waals surface area contributed by atoms with Gasteiger partial charge in [-0.15, -0.1) is 5.10 Å². The molecule has 24 heavy (non-hydrogen) atoms. The maximum atomic E-state index is 6.06. The first-order valence-corrected chi connectivity index (χ1v) is 7.70. The van der Waals surface area contributed by atoms with Crippen molar-refractivity contribution in [3.63, 3.8) is 0 Å². The van der Waals surface area contributed by atoms with E-state index in [1.54, 1.807) is 10.9 Å². The molecule has 0 saturated heterocycles. The van der Waals surface area contributed by atoms with Gasteiger partial charge >= 0.3 is 6.01 Å². The van der Waals surface area contributed by atoms with Crippen LogP contribution in [0.4, 0.5) is 6.01 Å². The molecule has 0 radical (unpaired) electrons. The van der Waals surface area contributed by atoms with Crippen molar-refractivity contribution in [2.45, 2.75) is 12.6 Å². The summed E-state index contributed by atoms with van der Waals surface area (Å²) in [6, 6.07) is 7.74. The summed E-state index contributed by atoms with van der Waals surface area (Å²) in [7, 11) is 1.81. The number of benzene rings is 1. The summed E-state index contributed by atoms with van der Waals surface area (Å²) in [6.45, 7) is 0.730. The molecule has 124 valence electrons. The fourth-order valence-corrected chi connectivity index (χ4v) is 2.60. The highest BCUT2D eigenvalue weighted by atomic mass is 35.5. The Morgan fingerprint density at radius 3 is 2.92 bits per heavy atom. The summed E-state index contributed by atoms with van der Waals surface area (Å²) < 4.78 is 18.8. The van der Waals surface area contributed by atoms with E-state index in [-0.39, 0.29) is 6.01 Å². The Bertz CT molecular complexity index is 843. The molecule has 1 aromatic carbocycles. The van der Waals surface area contributed by atoms with Crippen molar-refractivity contribution < 1.29 is 13.9 Å². The van der Waals surface area contributed by atoms with Crippen LogP contribution >= 0.6 is 11.6 Å². The number of hydrogen-bond acceptors (Lipinski definition) is 7. The maximum absolute atomic E-state index is 6.06. The molecule has 0 unspecified atom stereocenters. The molecule has 0 spiro atoms. The van der Waals surface area contributed by atoms with E-state index in [2.05, 4.69) is 20.6 Å². The molecule has 1 aliphatic heterocycles. The fraction of sp³-hybridized carbons (Fsp3) is 0.267. The molecule has 1 N–H and O–H groups in total. The molecule has 9 heteroatoms. The van der Waals surface area contributed by atoms with Crippen molar-refractivity contribution >= 4 is 17.6 Å². The average Bonchev–Trinajstić information content (AvgIpc) is 3.20. The van der Waals surface area contributed by atoms with Gasteiger partial charge in [0.25, 0.3) is 5.89 Å². The van der Waals surface area contributed by atoms with E-state index in [0.29, 0.717) is 35.6 Å². The second-order valence-electron chi connectivity index (χ2n) is 5.23. The van der Waals surface area contributed by atoms with Crippen LogP contribution in [0.15, 0.2) is 34.9 Å². The zero-order valence-electron chi connectivity index (χ0n) is 12.8. The van der Waals surface area contributed by atoms with Crippen LogP contribution in [0.3, 0.4) is 0 Å². The van der Waals surface area contributed by atoms with Crippen LogP contribution < -0.4 is 14.8 Å². The molecule has 8 nitrogen and oxygen atoms in total. The first-order valence-electron chi connectivity index (χ1n) is 7.33. The number of nitrogens with one attached hydrogen (secondary N) is 1. The number of aryl methyl sites for hydroxylation is 1. The van der Waals surface area contributed by atoms with Crippen LogP contribution in [0, 0.1) is 0 Å². The third-order valence-corrected chi connectivity index (χ3v) is 3.96. The molecule has 1 aliphatic rings. The highest BCUT2D eigenvalue weighted by molar-refractivity contribution is 6.31. The number of nitrogens with zero attached hydrogens (tertiary/aromatic N) is 4. The lowest BCUT2D eigenvalue weighted by molar-refractivity contribution is 0.0717. The molecule has 0 bridgehead atoms. The number of anilines is 1. The van der Waals surface area contributed by atoms with E-state index in [1.165, 1.54) is 0 Å². The Morgan fingerprint density at radius 1 is 1.29 bits per heavy atom. The first kappa shape index (κ1) is 14.8. The van der Waals surface area contributed by atoms with Gasteiger partial charge in [0.15, 0.2) is 11.5 Å². The van der Waals surface area contributed by atoms with Crippen molar-refractivity contribution in [2.75, 3.05) is 11.9 Å². The van der Waals surface area contributed by atoms with Crippen LogP contribution in [0.5, 0.6) is 11.5 Å². The van der Waals surface area contributed by atoms with Gasteiger partial charge in [-0.25, -0.2) is 0 Å². The number of halogens is 1. The second-order valence-corrected chi connectivity index (χ2v) is 5.63. The number of aromatic nitrogens is 4. The number of ether oxygens (including phenoxy) is 2. The highest BCUT2D eigenvalue weighted by Gasteiger charge is 2.27. The Kier molecular flexibility index (Phi) is 3.73. The molecule has 4 rings (SSSR count). The lowest BCUT2D eigenvalue weighted by Gasteiger charge is -2.23. The van der Waals surface area contributed by atoms with Gasteiger partial charge in [0.1, 0.15) is 6.61 Å². The van der Waals surface area contributed by atoms with E-state index in [1.807, 2.05) is 31.3 Å². The van der Waals surface area contributed by atoms with Gasteiger partial charge in [-0.05, 0) is 12.1 Å². The first-order chi connectivity index (χ1) is 11.7. The van der Waals surface area contributed by atoms with Crippen LogP contribution in [0.2, 0.25) is 5.02 Å². The van der Waals surface area contributed by atoms with Gasteiger partial charge in [0, 0.05) is 7.05 Å². The average molecular weight is 348 g/mol. The van der Waals surface area contributed by atoms with Crippen molar-refractivity contribution in [3.8, 4) is 11.5 Å². The molecule has 0 aliphatic carbocycles. The summed E-state index contributed by atoms with van der Waals surface area (Å²) >= 11 is 6.06. The van der Waals surface area contributed by atoms with E-state index in [9.17, 15) is 0 Å². The minimum Gasteiger partial charge on any atom is -0.485 e. The molecule has 3 heterocycles. The van der Waals surface area contributed by atoms with Gasteiger partial charge in [0.2, 0.25) is 6.10 Å². The Balaban J connectivity index is 1.44. The standard InChI is InChI=1S/C15H14ClN5O3/c1-21-10(9(16)6-18-21)7-17-15-20-19-14(24-15)13-8-22-11-4-2-3-5-12(11)23-13/h2-6,13H,7-8H2,1H3,(H,17,20)/t13-/m0/s1. The predicted octanol–water partition coefficient (Wildman–Crippen LogP) is 2.58. The van der Waals surface area contributed by atoms with Crippen molar-refractivity contribution in [1.29, 1.82) is 0 Å². The van der Waals surface area contributed by atoms with Gasteiger partial charge in [-0.3, -0.25) is 4.68 Å². The fourth-order valence-electron chi connectivity index (χ4n) is 2.37. The molecular formula is C15H14ClN5O3. The van der Waals surface area contributed by atoms with Gasteiger partial charge in [0.05, 0.1) is 23.5 Å². The van der Waals surface area contributed by atoms with Crippen LogP contribution in [-0.4, -0.2) is 26.6 Å². The Hall–Kier alpha value is -2.74. The maximum Gasteiger partial charge on any atom is 0.315 e. The van der Waals surface area contributed by atoms with E-state index >= 15 is 0 Å². The Labute approximate surface area is 142 Å². The molecule has 0 saturated carbocycles. The minimum atomic E-state index is -0.441. The molecule has 3 aromatic rings. The number of rotatable bonds is 4. The number of fused-ring (bicyclic) bond motifs is 1. The minimum absolute atomic E-state index is 0.282. The van der Waals surface area contributed by atoms with Crippen molar-refractivity contribution in [2.24, 2.45) is 7.05 Å². The van der Waals surface area contributed by atoms with Crippen LogP contribution in [0.25, 0.3) is 0 Å². The number of para-hydroxylation sites is 2. The highest BCUT2D eigenvalue weighted by Crippen LogP contribution is 2.35. The topological polar surface area (TPSA) is 87.2 Å². The molecule has 0 fully saturated rings. The van der Waals surface area contributed by atoms with Crippen LogP contribution in [0.1, 0.15) is 17.7 Å². The smallest absolute Gasteiger partial charge is 0.315 e. The molecular weight excluding hydrogens is 334 g/mol. The van der Waals surface area contributed by atoms with E-state index in [4.69, 9.17) is 25.5 Å². The third kappa shape index (κ3) is 2.76.